The summed E-state index contributed by atoms with van der Waals surface area (Å²) < 4.78 is 18.7. The van der Waals surface area contributed by atoms with Crippen LogP contribution < -0.4 is 0 Å². The van der Waals surface area contributed by atoms with Gasteiger partial charge in [0, 0.05) is 12.0 Å². The van der Waals surface area contributed by atoms with Crippen molar-refractivity contribution in [2.45, 2.75) is 75.7 Å². The Morgan fingerprint density at radius 1 is 1.04 bits per heavy atom. The summed E-state index contributed by atoms with van der Waals surface area (Å²) in [6, 6.07) is 10.1. The van der Waals surface area contributed by atoms with Crippen LogP contribution in [0.25, 0.3) is 0 Å². The van der Waals surface area contributed by atoms with Crippen molar-refractivity contribution in [2.75, 3.05) is 5.75 Å². The Hall–Kier alpha value is -1.04. The molecule has 2 saturated heterocycles. The third-order valence-electron chi connectivity index (χ3n) is 6.12. The molecule has 0 spiro atoms. The van der Waals surface area contributed by atoms with Crippen LogP contribution in [-0.4, -0.2) is 33.6 Å². The number of rotatable bonds is 12. The van der Waals surface area contributed by atoms with Crippen molar-refractivity contribution in [2.24, 2.45) is 11.8 Å². The van der Waals surface area contributed by atoms with E-state index in [0.29, 0.717) is 29.8 Å². The first-order chi connectivity index (χ1) is 13.1. The molecule has 2 heterocycles. The number of carboxylic acids is 1. The quantitative estimate of drug-likeness (QED) is 0.419. The number of aliphatic carboxylic acids is 1. The molecule has 2 fully saturated rings. The molecule has 150 valence electrons. The normalized spacial score (nSPS) is 27.7. The van der Waals surface area contributed by atoms with Gasteiger partial charge in [-0.25, -0.2) is 0 Å². The zero-order chi connectivity index (χ0) is 19.1. The fraction of sp³-hybridized carbons (Fsp3) is 0.682. The first kappa shape index (κ1) is 20.7. The highest BCUT2D eigenvalue weighted by Crippen LogP contribution is 2.47. The predicted octanol–water partition coefficient (Wildman–Crippen LogP) is 4.54. The van der Waals surface area contributed by atoms with E-state index in [1.54, 1.807) is 0 Å². The van der Waals surface area contributed by atoms with Crippen LogP contribution in [0.5, 0.6) is 0 Å². The largest absolute Gasteiger partial charge is 0.616 e. The monoisotopic (exact) mass is 392 g/mol. The van der Waals surface area contributed by atoms with Gasteiger partial charge in [0.2, 0.25) is 0 Å². The van der Waals surface area contributed by atoms with Crippen LogP contribution in [0, 0.1) is 11.8 Å². The van der Waals surface area contributed by atoms with Crippen LogP contribution >= 0.6 is 0 Å². The number of benzene rings is 1. The summed E-state index contributed by atoms with van der Waals surface area (Å²) >= 11 is -0.810. The Labute approximate surface area is 165 Å². The fourth-order valence-corrected chi connectivity index (χ4v) is 6.02. The Balaban J connectivity index is 1.39. The lowest BCUT2D eigenvalue weighted by molar-refractivity contribution is -0.137. The molecule has 3 rings (SSSR count). The van der Waals surface area contributed by atoms with Crippen molar-refractivity contribution >= 4 is 17.1 Å². The number of fused-ring (bicyclic) bond motifs is 2. The van der Waals surface area contributed by atoms with Crippen LogP contribution in [0.15, 0.2) is 30.3 Å². The van der Waals surface area contributed by atoms with Crippen molar-refractivity contribution in [1.29, 1.82) is 0 Å². The van der Waals surface area contributed by atoms with E-state index < -0.39 is 17.1 Å². The molecule has 2 aliphatic rings. The predicted molar refractivity (Wildman–Crippen MR) is 108 cm³/mol. The van der Waals surface area contributed by atoms with Crippen LogP contribution in [0.2, 0.25) is 0 Å². The lowest BCUT2D eigenvalue weighted by Gasteiger charge is -2.28. The molecular weight excluding hydrogens is 360 g/mol. The second kappa shape index (κ2) is 10.5. The zero-order valence-electron chi connectivity index (χ0n) is 16.1. The lowest BCUT2D eigenvalue weighted by Crippen LogP contribution is -2.29. The van der Waals surface area contributed by atoms with Crippen LogP contribution in [0.4, 0.5) is 0 Å². The van der Waals surface area contributed by atoms with Crippen molar-refractivity contribution in [3.05, 3.63) is 35.9 Å². The molecule has 1 aromatic carbocycles. The van der Waals surface area contributed by atoms with Gasteiger partial charge in [0.1, 0.15) is 11.5 Å². The van der Waals surface area contributed by atoms with E-state index in [9.17, 15) is 9.35 Å². The van der Waals surface area contributed by atoms with Gasteiger partial charge in [-0.2, -0.15) is 0 Å². The van der Waals surface area contributed by atoms with E-state index in [2.05, 4.69) is 0 Å². The zero-order valence-corrected chi connectivity index (χ0v) is 16.9. The first-order valence-electron chi connectivity index (χ1n) is 10.4. The summed E-state index contributed by atoms with van der Waals surface area (Å²) in [6.07, 6.45) is 9.62. The number of hydrogen-bond acceptors (Lipinski definition) is 3. The summed E-state index contributed by atoms with van der Waals surface area (Å²) in [5, 5.41) is 8.70. The second-order valence-corrected chi connectivity index (χ2v) is 9.60. The van der Waals surface area contributed by atoms with Gasteiger partial charge < -0.3 is 14.4 Å². The second-order valence-electron chi connectivity index (χ2n) is 8.03. The molecule has 2 bridgehead atoms. The van der Waals surface area contributed by atoms with Gasteiger partial charge in [-0.1, -0.05) is 49.6 Å². The van der Waals surface area contributed by atoms with E-state index in [-0.39, 0.29) is 6.42 Å². The maximum atomic E-state index is 12.5. The van der Waals surface area contributed by atoms with E-state index in [0.717, 1.165) is 49.8 Å². The van der Waals surface area contributed by atoms with E-state index in [1.807, 2.05) is 30.3 Å². The molecule has 1 aromatic rings. The molecule has 1 N–H and O–H groups in total. The molecule has 27 heavy (non-hydrogen) atoms. The summed E-state index contributed by atoms with van der Waals surface area (Å²) in [7, 11) is 0. The first-order valence-corrected chi connectivity index (χ1v) is 11.9. The lowest BCUT2D eigenvalue weighted by atomic mass is 9.75. The summed E-state index contributed by atoms with van der Waals surface area (Å²) in [5.41, 5.74) is 1.15. The van der Waals surface area contributed by atoms with Crippen molar-refractivity contribution in [3.63, 3.8) is 0 Å². The molecule has 5 atom stereocenters. The standard InChI is InChI=1S/C22H32O4S/c23-22(24)11-7-2-1-6-10-18-19(21-13-12-20(18)26-21)14-15-27(25)16-17-8-4-3-5-9-17/h3-5,8-9,18-21H,1-2,6-7,10-16H2,(H,23,24)/t18-,19+,20-,21+,27?/m1/s1. The molecule has 0 aliphatic carbocycles. The average Bonchev–Trinajstić information content (AvgIpc) is 3.25. The molecular formula is C22H32O4S. The molecule has 4 nitrogen and oxygen atoms in total. The van der Waals surface area contributed by atoms with E-state index in [4.69, 9.17) is 9.84 Å². The SMILES string of the molecule is O=C(O)CCCCCC[C@@H]1[C@H](CC[S+]([O-])Cc2ccccc2)[C@@H]2CC[C@H]1O2. The molecule has 0 saturated carbocycles. The van der Waals surface area contributed by atoms with Gasteiger partial charge >= 0.3 is 5.97 Å². The maximum absolute atomic E-state index is 12.5. The maximum Gasteiger partial charge on any atom is 0.303 e. The van der Waals surface area contributed by atoms with Gasteiger partial charge in [0.25, 0.3) is 0 Å². The highest BCUT2D eigenvalue weighted by Gasteiger charge is 2.48. The van der Waals surface area contributed by atoms with Gasteiger partial charge in [-0.3, -0.25) is 4.79 Å². The smallest absolute Gasteiger partial charge is 0.303 e. The molecule has 0 aromatic heterocycles. The van der Waals surface area contributed by atoms with Crippen LogP contribution in [0.1, 0.15) is 63.4 Å². The Morgan fingerprint density at radius 2 is 1.70 bits per heavy atom. The molecule has 1 unspecified atom stereocenters. The van der Waals surface area contributed by atoms with Crippen molar-refractivity contribution in [3.8, 4) is 0 Å². The van der Waals surface area contributed by atoms with E-state index >= 15 is 0 Å². The Kier molecular flexibility index (Phi) is 8.04. The minimum atomic E-state index is -0.810. The number of unbranched alkanes of at least 4 members (excludes halogenated alkanes) is 3. The highest BCUT2D eigenvalue weighted by atomic mass is 32.2. The van der Waals surface area contributed by atoms with Crippen molar-refractivity contribution < 1.29 is 19.2 Å². The molecule has 2 aliphatic heterocycles. The Morgan fingerprint density at radius 3 is 2.41 bits per heavy atom. The third kappa shape index (κ3) is 6.23. The summed E-state index contributed by atoms with van der Waals surface area (Å²) in [4.78, 5) is 10.6. The molecule has 5 heteroatoms. The van der Waals surface area contributed by atoms with Gasteiger partial charge in [0.05, 0.1) is 12.2 Å². The Bertz CT molecular complexity index is 579. The van der Waals surface area contributed by atoms with Crippen LogP contribution in [-0.2, 0) is 26.5 Å². The van der Waals surface area contributed by atoms with Gasteiger partial charge in [-0.15, -0.1) is 0 Å². The van der Waals surface area contributed by atoms with Gasteiger partial charge in [0.15, 0.2) is 0 Å². The highest BCUT2D eigenvalue weighted by molar-refractivity contribution is 7.90. The minimum Gasteiger partial charge on any atom is -0.616 e. The number of carbonyl (C=O) groups is 1. The average molecular weight is 393 g/mol. The minimum absolute atomic E-state index is 0.285. The summed E-state index contributed by atoms with van der Waals surface area (Å²) in [6.45, 7) is 0. The van der Waals surface area contributed by atoms with Crippen LogP contribution in [0.3, 0.4) is 0 Å². The molecule has 0 radical (unpaired) electrons. The molecule has 0 amide bonds. The topological polar surface area (TPSA) is 69.6 Å². The number of ether oxygens (including phenoxy) is 1. The summed E-state index contributed by atoms with van der Waals surface area (Å²) in [5.74, 6) is 1.89. The number of hydrogen-bond donors (Lipinski definition) is 1. The van der Waals surface area contributed by atoms with E-state index in [1.165, 1.54) is 12.8 Å². The van der Waals surface area contributed by atoms with Gasteiger partial charge in [-0.05, 0) is 55.1 Å². The fourth-order valence-electron chi connectivity index (χ4n) is 4.78. The number of carboxylic acid groups (broad SMARTS) is 1. The third-order valence-corrected chi connectivity index (χ3v) is 7.46. The van der Waals surface area contributed by atoms with Crippen molar-refractivity contribution in [1.82, 2.24) is 0 Å².